The first-order chi connectivity index (χ1) is 9.58. The second-order valence-electron chi connectivity index (χ2n) is 3.90. The minimum absolute atomic E-state index is 0.319. The lowest BCUT2D eigenvalue weighted by molar-refractivity contribution is -0.385. The van der Waals surface area contributed by atoms with E-state index in [0.29, 0.717) is 18.7 Å². The Labute approximate surface area is 118 Å². The minimum Gasteiger partial charge on any atom is -0.477 e. The Kier molecular flexibility index (Phi) is 4.26. The largest absolute Gasteiger partial charge is 0.477 e. The number of rotatable bonds is 6. The van der Waals surface area contributed by atoms with Crippen molar-refractivity contribution in [1.29, 1.82) is 0 Å². The van der Waals surface area contributed by atoms with Gasteiger partial charge in [-0.15, -0.1) is 11.3 Å². The van der Waals surface area contributed by atoms with E-state index in [1.807, 2.05) is 5.38 Å². The van der Waals surface area contributed by atoms with Gasteiger partial charge in [-0.2, -0.15) is 0 Å². The van der Waals surface area contributed by atoms with Crippen LogP contribution in [-0.2, 0) is 6.42 Å². The number of anilines is 1. The second-order valence-corrected chi connectivity index (χ2v) is 4.88. The summed E-state index contributed by atoms with van der Waals surface area (Å²) in [6.45, 7) is 0.567. The predicted molar refractivity (Wildman–Crippen MR) is 74.4 cm³/mol. The summed E-state index contributed by atoms with van der Waals surface area (Å²) in [5, 5.41) is 25.6. The summed E-state index contributed by atoms with van der Waals surface area (Å²) >= 11 is 1.54. The number of nitrogens with one attached hydrogen (secondary N) is 1. The van der Waals surface area contributed by atoms with Gasteiger partial charge in [0.05, 0.1) is 9.93 Å². The molecule has 0 fully saturated rings. The highest BCUT2D eigenvalue weighted by molar-refractivity contribution is 7.09. The molecule has 0 amide bonds. The Bertz CT molecular complexity index is 628. The van der Waals surface area contributed by atoms with Gasteiger partial charge in [-0.3, -0.25) is 10.1 Å². The van der Waals surface area contributed by atoms with Crippen molar-refractivity contribution in [2.24, 2.45) is 0 Å². The zero-order chi connectivity index (χ0) is 14.5. The molecular formula is C12H11N3O4S. The second kappa shape index (κ2) is 6.11. The minimum atomic E-state index is -1.31. The van der Waals surface area contributed by atoms with Crippen molar-refractivity contribution in [3.8, 4) is 0 Å². The molecule has 0 atom stereocenters. The van der Waals surface area contributed by atoms with E-state index in [-0.39, 0.29) is 5.56 Å². The number of hydrogen-bond acceptors (Lipinski definition) is 6. The van der Waals surface area contributed by atoms with Crippen LogP contribution in [0.5, 0.6) is 0 Å². The summed E-state index contributed by atoms with van der Waals surface area (Å²) in [5.41, 5.74) is -0.226. The molecule has 0 saturated heterocycles. The summed E-state index contributed by atoms with van der Waals surface area (Å²) in [7, 11) is 0. The van der Waals surface area contributed by atoms with Crippen molar-refractivity contribution in [3.05, 3.63) is 50.5 Å². The van der Waals surface area contributed by atoms with Crippen molar-refractivity contribution in [1.82, 2.24) is 4.98 Å². The molecule has 1 heterocycles. The van der Waals surface area contributed by atoms with Gasteiger partial charge in [-0.25, -0.2) is 9.78 Å². The van der Waals surface area contributed by atoms with Crippen LogP contribution in [0.3, 0.4) is 0 Å². The standard InChI is InChI=1S/C12H11N3O4S/c16-12(17)9-2-1-8(7-10(9)15(18)19)13-4-3-11-14-5-6-20-11/h1-2,5-7,13H,3-4H2,(H,16,17). The summed E-state index contributed by atoms with van der Waals surface area (Å²) < 4.78 is 0. The van der Waals surface area contributed by atoms with Crippen LogP contribution in [0.15, 0.2) is 29.8 Å². The number of aromatic nitrogens is 1. The zero-order valence-corrected chi connectivity index (χ0v) is 11.1. The monoisotopic (exact) mass is 293 g/mol. The van der Waals surface area contributed by atoms with Gasteiger partial charge >= 0.3 is 5.97 Å². The fourth-order valence-corrected chi connectivity index (χ4v) is 2.28. The van der Waals surface area contributed by atoms with Crippen LogP contribution in [0.1, 0.15) is 15.4 Å². The van der Waals surface area contributed by atoms with Gasteiger partial charge in [0, 0.05) is 36.3 Å². The first-order valence-electron chi connectivity index (χ1n) is 5.72. The fourth-order valence-electron chi connectivity index (χ4n) is 1.66. The maximum Gasteiger partial charge on any atom is 0.342 e. The maximum atomic E-state index is 10.9. The molecule has 0 aliphatic heterocycles. The molecule has 8 heteroatoms. The van der Waals surface area contributed by atoms with Crippen LogP contribution < -0.4 is 5.32 Å². The van der Waals surface area contributed by atoms with Crippen LogP contribution >= 0.6 is 11.3 Å². The number of carboxylic acid groups (broad SMARTS) is 1. The first kappa shape index (κ1) is 13.9. The van der Waals surface area contributed by atoms with Crippen molar-refractivity contribution < 1.29 is 14.8 Å². The number of nitrogens with zero attached hydrogens (tertiary/aromatic N) is 2. The number of nitro benzene ring substituents is 1. The van der Waals surface area contributed by atoms with Crippen LogP contribution in [0.25, 0.3) is 0 Å². The number of hydrogen-bond donors (Lipinski definition) is 2. The third kappa shape index (κ3) is 3.29. The van der Waals surface area contributed by atoms with E-state index in [0.717, 1.165) is 5.01 Å². The summed E-state index contributed by atoms with van der Waals surface area (Å²) in [4.78, 5) is 25.1. The lowest BCUT2D eigenvalue weighted by atomic mass is 10.1. The van der Waals surface area contributed by atoms with Gasteiger partial charge in [0.1, 0.15) is 5.56 Å². The van der Waals surface area contributed by atoms with E-state index in [9.17, 15) is 14.9 Å². The molecule has 0 unspecified atom stereocenters. The smallest absolute Gasteiger partial charge is 0.342 e. The number of aromatic carboxylic acids is 1. The van der Waals surface area contributed by atoms with E-state index >= 15 is 0 Å². The van der Waals surface area contributed by atoms with Crippen LogP contribution in [0.4, 0.5) is 11.4 Å². The quantitative estimate of drug-likeness (QED) is 0.626. The average Bonchev–Trinajstić information content (AvgIpc) is 2.91. The Hall–Kier alpha value is -2.48. The molecule has 0 aliphatic carbocycles. The Morgan fingerprint density at radius 2 is 2.30 bits per heavy atom. The molecule has 2 aromatic rings. The molecule has 20 heavy (non-hydrogen) atoms. The van der Waals surface area contributed by atoms with Gasteiger partial charge in [-0.1, -0.05) is 0 Å². The molecule has 2 N–H and O–H groups in total. The molecule has 104 valence electrons. The van der Waals surface area contributed by atoms with Crippen LogP contribution in [-0.4, -0.2) is 27.5 Å². The highest BCUT2D eigenvalue weighted by atomic mass is 32.1. The Balaban J connectivity index is 2.07. The van der Waals surface area contributed by atoms with Crippen LogP contribution in [0.2, 0.25) is 0 Å². The lowest BCUT2D eigenvalue weighted by Crippen LogP contribution is -2.07. The van der Waals surface area contributed by atoms with Gasteiger partial charge in [0.25, 0.3) is 5.69 Å². The van der Waals surface area contributed by atoms with E-state index in [1.165, 1.54) is 29.5 Å². The molecule has 0 aliphatic rings. The first-order valence-corrected chi connectivity index (χ1v) is 6.60. The van der Waals surface area contributed by atoms with Gasteiger partial charge in [-0.05, 0) is 12.1 Å². The average molecular weight is 293 g/mol. The SMILES string of the molecule is O=C(O)c1ccc(NCCc2nccs2)cc1[N+](=O)[O-]. The van der Waals surface area contributed by atoms with Crippen molar-refractivity contribution in [2.45, 2.75) is 6.42 Å². The highest BCUT2D eigenvalue weighted by Gasteiger charge is 2.19. The van der Waals surface area contributed by atoms with E-state index in [4.69, 9.17) is 5.11 Å². The van der Waals surface area contributed by atoms with E-state index < -0.39 is 16.6 Å². The number of carbonyl (C=O) groups is 1. The van der Waals surface area contributed by atoms with Crippen molar-refractivity contribution in [2.75, 3.05) is 11.9 Å². The third-order valence-electron chi connectivity index (χ3n) is 2.58. The molecule has 1 aromatic heterocycles. The molecule has 0 spiro atoms. The van der Waals surface area contributed by atoms with Crippen molar-refractivity contribution >= 4 is 28.7 Å². The van der Waals surface area contributed by atoms with Crippen LogP contribution in [0, 0.1) is 10.1 Å². The third-order valence-corrected chi connectivity index (χ3v) is 3.42. The van der Waals surface area contributed by atoms with Gasteiger partial charge < -0.3 is 10.4 Å². The normalized spacial score (nSPS) is 10.2. The Morgan fingerprint density at radius 3 is 2.90 bits per heavy atom. The topological polar surface area (TPSA) is 105 Å². The molecular weight excluding hydrogens is 282 g/mol. The molecule has 1 aromatic carbocycles. The molecule has 7 nitrogen and oxygen atoms in total. The number of thiazole rings is 1. The maximum absolute atomic E-state index is 10.9. The molecule has 0 bridgehead atoms. The zero-order valence-electron chi connectivity index (χ0n) is 10.3. The highest BCUT2D eigenvalue weighted by Crippen LogP contribution is 2.23. The molecule has 0 radical (unpaired) electrons. The van der Waals surface area contributed by atoms with E-state index in [2.05, 4.69) is 10.3 Å². The predicted octanol–water partition coefficient (Wildman–Crippen LogP) is 2.40. The molecule has 0 saturated carbocycles. The number of nitro groups is 1. The van der Waals surface area contributed by atoms with E-state index in [1.54, 1.807) is 6.20 Å². The fraction of sp³-hybridized carbons (Fsp3) is 0.167. The summed E-state index contributed by atoms with van der Waals surface area (Å²) in [6.07, 6.45) is 2.42. The number of benzene rings is 1. The van der Waals surface area contributed by atoms with Gasteiger partial charge in [0.2, 0.25) is 0 Å². The summed E-state index contributed by atoms with van der Waals surface area (Å²) in [5.74, 6) is -1.31. The lowest BCUT2D eigenvalue weighted by Gasteiger charge is -2.06. The summed E-state index contributed by atoms with van der Waals surface area (Å²) in [6, 6.07) is 3.97. The van der Waals surface area contributed by atoms with Gasteiger partial charge in [0.15, 0.2) is 0 Å². The Morgan fingerprint density at radius 1 is 1.50 bits per heavy atom. The number of carboxylic acids is 1. The van der Waals surface area contributed by atoms with Crippen molar-refractivity contribution in [3.63, 3.8) is 0 Å². The molecule has 2 rings (SSSR count).